The van der Waals surface area contributed by atoms with E-state index in [9.17, 15) is 4.79 Å². The number of benzene rings is 1. The van der Waals surface area contributed by atoms with Gasteiger partial charge in [0.2, 0.25) is 0 Å². The summed E-state index contributed by atoms with van der Waals surface area (Å²) in [5.41, 5.74) is 17.0. The molecule has 2 aliphatic rings. The Morgan fingerprint density at radius 2 is 2.26 bits per heavy atom. The smallest absolute Gasteiger partial charge is 0.252 e. The number of nitrogens with two attached hydrogens (primary N) is 1. The van der Waals surface area contributed by atoms with Crippen LogP contribution in [-0.4, -0.2) is 42.1 Å². The van der Waals surface area contributed by atoms with Gasteiger partial charge in [-0.2, -0.15) is 0 Å². The number of carbonyl (C=O) groups excluding carboxylic acids is 1. The number of nitrogens with zero attached hydrogens (tertiary/aromatic N) is 4. The quantitative estimate of drug-likeness (QED) is 0.512. The molecule has 7 nitrogen and oxygen atoms in total. The first-order valence-electron chi connectivity index (χ1n) is 7.91. The fourth-order valence-electron chi connectivity index (χ4n) is 3.43. The minimum Gasteiger partial charge on any atom is -0.367 e. The van der Waals surface area contributed by atoms with Crippen LogP contribution >= 0.6 is 0 Å². The molecule has 122 valence electrons. The molecule has 2 N–H and O–H groups in total. The fraction of sp³-hybridized carbons (Fsp3) is 0.562. The Morgan fingerprint density at radius 1 is 1.48 bits per heavy atom. The summed E-state index contributed by atoms with van der Waals surface area (Å²) >= 11 is 0. The van der Waals surface area contributed by atoms with Crippen LogP contribution in [0.2, 0.25) is 0 Å². The first-order chi connectivity index (χ1) is 11.1. The Balaban J connectivity index is 1.75. The second-order valence-electron chi connectivity index (χ2n) is 6.15. The summed E-state index contributed by atoms with van der Waals surface area (Å²) < 4.78 is 5.62. The Bertz CT molecular complexity index is 643. The number of amides is 1. The second kappa shape index (κ2) is 6.58. The van der Waals surface area contributed by atoms with E-state index in [2.05, 4.69) is 22.2 Å². The molecule has 0 saturated carbocycles. The normalized spacial score (nSPS) is 30.3. The number of carbonyl (C=O) groups is 1. The third kappa shape index (κ3) is 3.03. The maximum atomic E-state index is 12.9. The molecule has 1 aromatic rings. The summed E-state index contributed by atoms with van der Waals surface area (Å²) in [7, 11) is 0. The molecule has 7 heteroatoms. The molecule has 1 aromatic carbocycles. The largest absolute Gasteiger partial charge is 0.367 e. The van der Waals surface area contributed by atoms with Crippen LogP contribution in [-0.2, 0) is 16.0 Å². The lowest BCUT2D eigenvalue weighted by Gasteiger charge is -2.39. The number of hydrogen-bond donors (Lipinski definition) is 1. The highest BCUT2D eigenvalue weighted by Gasteiger charge is 2.37. The maximum Gasteiger partial charge on any atom is 0.252 e. The van der Waals surface area contributed by atoms with Gasteiger partial charge in [-0.25, -0.2) is 0 Å². The zero-order valence-electron chi connectivity index (χ0n) is 13.1. The number of hydrogen-bond acceptors (Lipinski definition) is 4. The molecule has 0 bridgehead atoms. The van der Waals surface area contributed by atoms with Gasteiger partial charge in [0.15, 0.2) is 0 Å². The molecule has 1 amide bonds. The molecule has 0 aromatic heterocycles. The number of fused-ring (bicyclic) bond motifs is 1. The molecule has 1 unspecified atom stereocenters. The van der Waals surface area contributed by atoms with Crippen LogP contribution in [0.25, 0.3) is 10.4 Å². The Morgan fingerprint density at radius 3 is 3.04 bits per heavy atom. The van der Waals surface area contributed by atoms with Crippen molar-refractivity contribution in [2.24, 2.45) is 10.8 Å². The minimum absolute atomic E-state index is 0.0181. The summed E-state index contributed by atoms with van der Waals surface area (Å²) in [4.78, 5) is 17.5. The molecular weight excluding hydrogens is 294 g/mol. The predicted octanol–water partition coefficient (Wildman–Crippen LogP) is 1.93. The van der Waals surface area contributed by atoms with Crippen LogP contribution in [0, 0.1) is 0 Å². The Labute approximate surface area is 135 Å². The highest BCUT2D eigenvalue weighted by Crippen LogP contribution is 2.31. The topological polar surface area (TPSA) is 104 Å². The fourth-order valence-corrected chi connectivity index (χ4v) is 3.43. The van der Waals surface area contributed by atoms with Gasteiger partial charge >= 0.3 is 0 Å². The van der Waals surface area contributed by atoms with Gasteiger partial charge in [-0.05, 0) is 36.4 Å². The van der Waals surface area contributed by atoms with Crippen molar-refractivity contribution in [3.05, 3.63) is 45.8 Å². The van der Waals surface area contributed by atoms with Crippen LogP contribution in [0.3, 0.4) is 0 Å². The van der Waals surface area contributed by atoms with Crippen LogP contribution in [0.5, 0.6) is 0 Å². The average molecular weight is 315 g/mol. The van der Waals surface area contributed by atoms with Gasteiger partial charge in [-0.15, -0.1) is 0 Å². The van der Waals surface area contributed by atoms with Gasteiger partial charge in [0.1, 0.15) is 6.10 Å². The van der Waals surface area contributed by atoms with Gasteiger partial charge < -0.3 is 15.4 Å². The van der Waals surface area contributed by atoms with Crippen LogP contribution < -0.4 is 5.73 Å². The minimum atomic E-state index is -0.585. The van der Waals surface area contributed by atoms with Gasteiger partial charge in [-0.3, -0.25) is 4.79 Å². The van der Waals surface area contributed by atoms with Crippen molar-refractivity contribution in [2.45, 2.75) is 44.0 Å². The van der Waals surface area contributed by atoms with E-state index >= 15 is 0 Å². The molecule has 1 fully saturated rings. The summed E-state index contributed by atoms with van der Waals surface area (Å²) in [6, 6.07) is 7.48. The van der Waals surface area contributed by atoms with E-state index in [1.807, 2.05) is 24.0 Å². The zero-order chi connectivity index (χ0) is 16.4. The molecular formula is C16H21N5O2. The first kappa shape index (κ1) is 15.8. The molecule has 0 aliphatic carbocycles. The van der Waals surface area contributed by atoms with Crippen molar-refractivity contribution in [3.63, 3.8) is 0 Å². The molecule has 2 heterocycles. The maximum absolute atomic E-state index is 12.9. The lowest BCUT2D eigenvalue weighted by Crippen LogP contribution is -2.52. The molecule has 23 heavy (non-hydrogen) atoms. The van der Waals surface area contributed by atoms with E-state index in [1.165, 1.54) is 11.1 Å². The van der Waals surface area contributed by atoms with Gasteiger partial charge in [0, 0.05) is 17.5 Å². The van der Waals surface area contributed by atoms with Crippen LogP contribution in [0.4, 0.5) is 0 Å². The summed E-state index contributed by atoms with van der Waals surface area (Å²) in [5.74, 6) is -0.0444. The van der Waals surface area contributed by atoms with E-state index in [0.717, 1.165) is 6.42 Å². The van der Waals surface area contributed by atoms with Crippen molar-refractivity contribution < 1.29 is 9.53 Å². The Hall–Kier alpha value is -2.08. The summed E-state index contributed by atoms with van der Waals surface area (Å²) in [6.07, 6.45) is 0.603. The highest BCUT2D eigenvalue weighted by atomic mass is 16.5. The van der Waals surface area contributed by atoms with E-state index < -0.39 is 12.1 Å². The summed E-state index contributed by atoms with van der Waals surface area (Å²) in [6.45, 7) is 2.95. The van der Waals surface area contributed by atoms with Gasteiger partial charge in [-0.1, -0.05) is 29.4 Å². The lowest BCUT2D eigenvalue weighted by molar-refractivity contribution is -0.150. The van der Waals surface area contributed by atoms with E-state index in [4.69, 9.17) is 16.0 Å². The van der Waals surface area contributed by atoms with Crippen LogP contribution in [0.15, 0.2) is 29.4 Å². The van der Waals surface area contributed by atoms with E-state index in [-0.39, 0.29) is 24.6 Å². The van der Waals surface area contributed by atoms with Crippen molar-refractivity contribution in [1.29, 1.82) is 0 Å². The molecule has 1 saturated heterocycles. The first-order valence-corrected chi connectivity index (χ1v) is 7.91. The second-order valence-corrected chi connectivity index (χ2v) is 6.15. The predicted molar refractivity (Wildman–Crippen MR) is 85.5 cm³/mol. The van der Waals surface area contributed by atoms with E-state index in [1.54, 1.807) is 0 Å². The number of ether oxygens (including phenoxy) is 1. The van der Waals surface area contributed by atoms with Crippen LogP contribution in [0.1, 0.15) is 30.5 Å². The van der Waals surface area contributed by atoms with E-state index in [0.29, 0.717) is 13.0 Å². The Kier molecular flexibility index (Phi) is 4.52. The number of rotatable bonds is 2. The third-order valence-electron chi connectivity index (χ3n) is 4.79. The van der Waals surface area contributed by atoms with Crippen molar-refractivity contribution in [3.8, 4) is 0 Å². The van der Waals surface area contributed by atoms with Crippen molar-refractivity contribution in [2.75, 3.05) is 13.2 Å². The summed E-state index contributed by atoms with van der Waals surface area (Å²) in [5, 5.41) is 3.70. The average Bonchev–Trinajstić information content (AvgIpc) is 2.57. The SMILES string of the molecule is C[C@H]1c2ccccc2CCN1C(=O)[C@H]1CC(N=[N+]=[N-])[C@H](N)CO1. The molecule has 0 radical (unpaired) electrons. The van der Waals surface area contributed by atoms with Crippen molar-refractivity contribution >= 4 is 5.91 Å². The zero-order valence-corrected chi connectivity index (χ0v) is 13.1. The molecule has 4 atom stereocenters. The monoisotopic (exact) mass is 315 g/mol. The lowest BCUT2D eigenvalue weighted by atomic mass is 9.92. The number of azide groups is 1. The molecule has 0 spiro atoms. The molecule has 3 rings (SSSR count). The third-order valence-corrected chi connectivity index (χ3v) is 4.79. The standard InChI is InChI=1S/C16H21N5O2/c1-10-12-5-3-2-4-11(12)6-7-21(10)16(22)15-8-14(19-20-18)13(17)9-23-15/h2-5,10,13-15H,6-9,17H2,1H3/t10-,13+,14?,15+/m0/s1. The highest BCUT2D eigenvalue weighted by molar-refractivity contribution is 5.82. The molecule has 2 aliphatic heterocycles. The van der Waals surface area contributed by atoms with Crippen molar-refractivity contribution in [1.82, 2.24) is 4.90 Å². The van der Waals surface area contributed by atoms with Gasteiger partial charge in [0.25, 0.3) is 5.91 Å². The van der Waals surface area contributed by atoms with Gasteiger partial charge in [0.05, 0.1) is 18.7 Å².